The number of imidazole rings is 1. The van der Waals surface area contributed by atoms with Gasteiger partial charge in [-0.1, -0.05) is 97.3 Å². The van der Waals surface area contributed by atoms with Crippen LogP contribution in [0, 0.1) is 0 Å². The number of aryl methyl sites for hydroxylation is 1. The van der Waals surface area contributed by atoms with Crippen LogP contribution in [0.25, 0.3) is 33.4 Å². The van der Waals surface area contributed by atoms with Crippen molar-refractivity contribution in [2.75, 3.05) is 36.8 Å². The van der Waals surface area contributed by atoms with E-state index in [4.69, 9.17) is 10.2 Å². The summed E-state index contributed by atoms with van der Waals surface area (Å²) >= 11 is 0.855. The highest BCUT2D eigenvalue weighted by molar-refractivity contribution is 8.00. The van der Waals surface area contributed by atoms with Gasteiger partial charge in [0, 0.05) is 127 Å². The minimum absolute atomic E-state index is 0.00212. The van der Waals surface area contributed by atoms with Gasteiger partial charge in [0.05, 0.1) is 38.7 Å². The SMILES string of the molecule is C=C(/C=C/C=C/C=C1/N(CCCCCC(=O)NCCN2C(=O)CC(SC[C@@H](NC(C)=O)C(=O)N[C@H](CCCCCNC(=O)c3ccc(C(=O)O)c(-c4c5ccc(=O)cc-5oc5cc(O)ccc45)c3)C(=O)N[C@H](C)C(=O)N[C@H](C)C(=O)N[C@H](C)C(=O)N[C@@H](C(=O)N[C@H](Cc3c[nH]cn3)C(=O)N[C@H](CCC(=O)O)C(N)=O)[C@H](C)O)C2=O)c2ccc(S(=O)(=O)O)cc2C1(C)C)C(C)(C)c1cc(S(=O)(=O)O)ccc1CCCC. The van der Waals surface area contributed by atoms with E-state index in [1.807, 2.05) is 57.7 Å². The van der Waals surface area contributed by atoms with Crippen LogP contribution in [-0.4, -0.2) is 242 Å². The van der Waals surface area contributed by atoms with Crippen molar-refractivity contribution in [1.82, 2.24) is 68.0 Å². The Kier molecular flexibility index (Phi) is 39.8. The van der Waals surface area contributed by atoms with Crippen molar-refractivity contribution in [3.05, 3.63) is 195 Å². The number of aromatic hydroxyl groups is 1. The second kappa shape index (κ2) is 50.6. The summed E-state index contributed by atoms with van der Waals surface area (Å²) in [6, 6.07) is 8.59. The van der Waals surface area contributed by atoms with Crippen molar-refractivity contribution in [3.63, 3.8) is 0 Å². The monoisotopic (exact) mass is 2050 g/mol. The highest BCUT2D eigenvalue weighted by Gasteiger charge is 2.44. The number of carboxylic acid groups (broad SMARTS) is 2. The molecule has 45 heteroatoms. The van der Waals surface area contributed by atoms with Gasteiger partial charge < -0.3 is 93.6 Å². The van der Waals surface area contributed by atoms with Crippen molar-refractivity contribution in [3.8, 4) is 28.2 Å². The molecule has 4 heterocycles. The molecule has 1 aliphatic carbocycles. The molecule has 9 rings (SSSR count). The number of amides is 13. The van der Waals surface area contributed by atoms with Gasteiger partial charge in [-0.3, -0.25) is 85.9 Å². The molecule has 0 saturated carbocycles. The molecule has 4 aliphatic rings. The molecule has 4 aromatic carbocycles. The fraction of sp³-hybridized carbons (Fsp3) is 0.424. The van der Waals surface area contributed by atoms with Crippen LogP contribution in [0.15, 0.2) is 171 Å². The first-order valence-corrected chi connectivity index (χ1v) is 50.6. The number of aromatic carboxylic acids is 1. The summed E-state index contributed by atoms with van der Waals surface area (Å²) in [4.78, 5) is 223. The number of unbranched alkanes of at least 4 members (excludes halogenated alkanes) is 5. The minimum atomic E-state index is -4.58. The number of rotatable bonds is 53. The number of phenolic OH excluding ortho intramolecular Hbond substituents is 1. The third-order valence-electron chi connectivity index (χ3n) is 24.7. The molecule has 0 bridgehead atoms. The lowest BCUT2D eigenvalue weighted by atomic mass is 9.75. The predicted octanol–water partition coefficient (Wildman–Crippen LogP) is 5.61. The van der Waals surface area contributed by atoms with Crippen LogP contribution in [0.1, 0.15) is 196 Å². The minimum Gasteiger partial charge on any atom is -0.508 e. The first-order chi connectivity index (χ1) is 67.8. The van der Waals surface area contributed by atoms with E-state index in [1.54, 1.807) is 24.3 Å². The maximum atomic E-state index is 14.5. The van der Waals surface area contributed by atoms with Gasteiger partial charge in [0.2, 0.25) is 70.9 Å². The number of nitrogens with two attached hydrogens (primary N) is 1. The molecule has 10 atom stereocenters. The lowest BCUT2D eigenvalue weighted by Gasteiger charge is -2.29. The number of likely N-dealkylation sites (tertiary alicyclic amines) is 1. The van der Waals surface area contributed by atoms with E-state index < -0.39 is 192 Å². The van der Waals surface area contributed by atoms with E-state index in [9.17, 15) is 123 Å². The zero-order valence-electron chi connectivity index (χ0n) is 81.2. The van der Waals surface area contributed by atoms with Gasteiger partial charge in [-0.2, -0.15) is 16.8 Å². The molecular formula is C99H123N15O27S3. The molecule has 1 aromatic heterocycles. The van der Waals surface area contributed by atoms with E-state index >= 15 is 0 Å². The van der Waals surface area contributed by atoms with E-state index in [0.717, 1.165) is 54.6 Å². The number of benzene rings is 5. The van der Waals surface area contributed by atoms with Crippen LogP contribution >= 0.6 is 11.8 Å². The number of imide groups is 1. The Balaban J connectivity index is 0.812. The molecule has 5 aromatic rings. The van der Waals surface area contributed by atoms with Gasteiger partial charge in [-0.25, -0.2) is 9.78 Å². The summed E-state index contributed by atoms with van der Waals surface area (Å²) < 4.78 is 75.2. The van der Waals surface area contributed by atoms with Gasteiger partial charge in [0.15, 0.2) is 5.43 Å². The van der Waals surface area contributed by atoms with Gasteiger partial charge >= 0.3 is 11.9 Å². The van der Waals surface area contributed by atoms with E-state index in [0.29, 0.717) is 65.6 Å². The zero-order chi connectivity index (χ0) is 106. The van der Waals surface area contributed by atoms with Gasteiger partial charge in [0.25, 0.3) is 26.1 Å². The van der Waals surface area contributed by atoms with E-state index in [-0.39, 0.29) is 131 Å². The Morgan fingerprint density at radius 2 is 1.29 bits per heavy atom. The number of H-pyrrole nitrogens is 1. The van der Waals surface area contributed by atoms with Crippen molar-refractivity contribution >= 4 is 137 Å². The Bertz CT molecular complexity index is 6390. The molecule has 19 N–H and O–H groups in total. The molecule has 1 saturated heterocycles. The summed E-state index contributed by atoms with van der Waals surface area (Å²) in [7, 11) is -9.08. The molecule has 1 fully saturated rings. The molecule has 0 radical (unpaired) electrons. The van der Waals surface area contributed by atoms with Crippen LogP contribution in [-0.2, 0) is 106 Å². The van der Waals surface area contributed by atoms with Gasteiger partial charge in [-0.15, -0.1) is 11.8 Å². The first kappa shape index (κ1) is 113. The predicted molar refractivity (Wildman–Crippen MR) is 531 cm³/mol. The van der Waals surface area contributed by atoms with Crippen LogP contribution < -0.4 is 69.2 Å². The average Bonchev–Trinajstić information content (AvgIpc) is 1.62. The summed E-state index contributed by atoms with van der Waals surface area (Å²) in [5.74, 6) is -14.3. The molecular weight excluding hydrogens is 1930 g/mol. The maximum Gasteiger partial charge on any atom is 0.336 e. The largest absolute Gasteiger partial charge is 0.508 e. The molecule has 1 unspecified atom stereocenters. The van der Waals surface area contributed by atoms with Crippen molar-refractivity contribution < 1.29 is 123 Å². The number of primary amides is 1. The quantitative estimate of drug-likeness (QED) is 0.00723. The standard InChI is InChI=1S/C99H123N15O27S3/c1-12-13-24-60-28-32-65(143(135,136)137)48-71(60)98(8,9)54(2)23-17-14-19-26-81-99(10,11)72-49-66(144(138,139)140)33-38-77(72)113(81)42-22-16-20-27-82(119)102-41-43-114-83(120)50-80(96(114)132)142-52-76(108-59(7)116)94(130)110-74(25-18-15-21-40-103-91(127)61-29-34-67(97(133)134)70(44-61)85-68-35-30-63(117)46-78(68)141-79-47-64(118)31-36-69(79)85)92(128)107-56(4)89(125)105-55(3)88(124)106-57(5)90(126)112-86(58(6)115)95(131)111-75(45-62-51-101-53-104-62)93(129)109-73(87(100)123)37-39-84(121)122/h14,17,19,23,26,28-36,38,44,46-49,51,53,55-58,73-76,80,86,115,117H,2,12-13,15-16,18,20-22,24-25,27,37,39-43,45,50,52H2,1,3-11H3,(H2,100,123)(H,101,104)(H,102,119)(H,103,127)(H,105,125)(H,106,124)(H,107,128)(H,108,116)(H,109,129)(H,110,130)(H,111,131)(H,112,126)(H,121,122)(H,133,134)(H,135,136,137)(H,138,139,140)/b19-14+,23-17+,81-26+/t55-,56-,57-,58+,73-,74-,75-,76-,80?,86-/m1/s1. The number of nitrogens with zero attached hydrogens (tertiary/aromatic N) is 3. The number of fused-ring (bicyclic) bond motifs is 3. The van der Waals surface area contributed by atoms with Crippen LogP contribution in [0.2, 0.25) is 0 Å². The number of hydrogen-bond acceptors (Lipinski definition) is 26. The third kappa shape index (κ3) is 30.6. The topological polar surface area (TPSA) is 657 Å². The number of thioether (sulfide) groups is 1. The van der Waals surface area contributed by atoms with Crippen LogP contribution in [0.5, 0.6) is 5.75 Å². The number of hydrogen-bond donors (Lipinski definition) is 18. The van der Waals surface area contributed by atoms with Gasteiger partial charge in [-0.05, 0) is 179 Å². The fourth-order valence-corrected chi connectivity index (χ4v) is 18.7. The summed E-state index contributed by atoms with van der Waals surface area (Å²) in [6.07, 6.45) is 12.9. The second-order valence-corrected chi connectivity index (χ2v) is 40.4. The molecule has 42 nitrogen and oxygen atoms in total. The number of aliphatic hydroxyl groups is 1. The molecule has 3 aliphatic heterocycles. The number of carbonyl (C=O) groups excluding carboxylic acids is 13. The molecule has 0 spiro atoms. The number of aliphatic carboxylic acids is 1. The van der Waals surface area contributed by atoms with Crippen molar-refractivity contribution in [1.29, 1.82) is 0 Å². The van der Waals surface area contributed by atoms with Crippen LogP contribution in [0.3, 0.4) is 0 Å². The van der Waals surface area contributed by atoms with E-state index in [2.05, 4.69) is 69.7 Å². The molecule has 774 valence electrons. The number of carboxylic acids is 2. The number of aromatic nitrogens is 2. The van der Waals surface area contributed by atoms with Gasteiger partial charge in [0.1, 0.15) is 65.4 Å². The maximum absolute atomic E-state index is 14.5. The number of aliphatic hydroxyl groups excluding tert-OH is 1. The number of aromatic amines is 1. The molecule has 144 heavy (non-hydrogen) atoms. The lowest BCUT2D eigenvalue weighted by Crippen LogP contribution is -2.61. The number of nitrogens with one attached hydrogen (secondary N) is 11. The fourth-order valence-electron chi connectivity index (χ4n) is 16.5. The lowest BCUT2D eigenvalue weighted by molar-refractivity contribution is -0.139. The second-order valence-electron chi connectivity index (χ2n) is 36.3. The van der Waals surface area contributed by atoms with Crippen molar-refractivity contribution in [2.45, 2.75) is 246 Å². The Hall–Kier alpha value is -14.3. The highest BCUT2D eigenvalue weighted by Crippen LogP contribution is 2.49. The Morgan fingerprint density at radius 3 is 1.93 bits per heavy atom. The van der Waals surface area contributed by atoms with Crippen LogP contribution in [0.4, 0.5) is 5.69 Å². The Labute approximate surface area is 835 Å². The Morgan fingerprint density at radius 1 is 0.653 bits per heavy atom. The third-order valence-corrected chi connectivity index (χ3v) is 27.7. The number of phenols is 1. The summed E-state index contributed by atoms with van der Waals surface area (Å²) in [5, 5.41) is 64.9. The zero-order valence-corrected chi connectivity index (χ0v) is 83.7. The van der Waals surface area contributed by atoms with Crippen molar-refractivity contribution in [2.24, 2.45) is 5.73 Å². The summed E-state index contributed by atoms with van der Waals surface area (Å²) in [5.41, 5.74) is 8.72. The molecule has 13 amide bonds. The number of anilines is 1. The number of allylic oxidation sites excluding steroid dienone is 7. The summed E-state index contributed by atoms with van der Waals surface area (Å²) in [6.45, 7) is 20.0. The average molecular weight is 2050 g/mol. The first-order valence-electron chi connectivity index (χ1n) is 46.7. The smallest absolute Gasteiger partial charge is 0.336 e. The number of carbonyl (C=O) groups is 15. The van der Waals surface area contributed by atoms with E-state index in [1.165, 1.54) is 112 Å². The highest BCUT2D eigenvalue weighted by atomic mass is 32.2. The normalized spacial score (nSPS) is 15.8.